The lowest BCUT2D eigenvalue weighted by atomic mass is 9.74. The van der Waals surface area contributed by atoms with Crippen molar-refractivity contribution >= 4 is 5.69 Å². The van der Waals surface area contributed by atoms with E-state index in [9.17, 15) is 0 Å². The molecular formula is C17H29N. The molecule has 0 aliphatic carbocycles. The second-order valence-electron chi connectivity index (χ2n) is 6.73. The fraction of sp³-hybridized carbons (Fsp3) is 0.647. The van der Waals surface area contributed by atoms with E-state index in [4.69, 9.17) is 5.73 Å². The van der Waals surface area contributed by atoms with E-state index < -0.39 is 0 Å². The van der Waals surface area contributed by atoms with Crippen LogP contribution in [0.3, 0.4) is 0 Å². The van der Waals surface area contributed by atoms with Crippen LogP contribution in [0.4, 0.5) is 5.69 Å². The van der Waals surface area contributed by atoms with Crippen molar-refractivity contribution in [3.63, 3.8) is 0 Å². The lowest BCUT2D eigenvalue weighted by Crippen LogP contribution is -2.22. The van der Waals surface area contributed by atoms with Crippen LogP contribution in [-0.4, -0.2) is 0 Å². The zero-order chi connectivity index (χ0) is 13.8. The third-order valence-electron chi connectivity index (χ3n) is 4.34. The molecule has 2 N–H and O–H groups in total. The summed E-state index contributed by atoms with van der Waals surface area (Å²) in [6, 6.07) is 8.29. The van der Waals surface area contributed by atoms with Crippen LogP contribution in [0, 0.1) is 17.3 Å². The van der Waals surface area contributed by atoms with Crippen LogP contribution in [0.5, 0.6) is 0 Å². The van der Waals surface area contributed by atoms with Gasteiger partial charge in [-0.05, 0) is 54.2 Å². The van der Waals surface area contributed by atoms with Gasteiger partial charge in [0.15, 0.2) is 0 Å². The summed E-state index contributed by atoms with van der Waals surface area (Å²) in [5.74, 6) is 1.52. The summed E-state index contributed by atoms with van der Waals surface area (Å²) in [5, 5.41) is 0. The Kier molecular flexibility index (Phi) is 5.25. The topological polar surface area (TPSA) is 26.0 Å². The lowest BCUT2D eigenvalue weighted by molar-refractivity contribution is 0.189. The monoisotopic (exact) mass is 247 g/mol. The first kappa shape index (κ1) is 15.1. The summed E-state index contributed by atoms with van der Waals surface area (Å²) < 4.78 is 0. The summed E-state index contributed by atoms with van der Waals surface area (Å²) in [4.78, 5) is 0. The molecule has 1 nitrogen and oxygen atoms in total. The third-order valence-corrected chi connectivity index (χ3v) is 4.34. The number of anilines is 1. The smallest absolute Gasteiger partial charge is 0.0314 e. The number of nitrogen functional groups attached to an aromatic ring is 1. The fourth-order valence-electron chi connectivity index (χ4n) is 2.33. The van der Waals surface area contributed by atoms with Crippen molar-refractivity contribution in [2.75, 3.05) is 5.73 Å². The van der Waals surface area contributed by atoms with Gasteiger partial charge in [0.05, 0.1) is 0 Å². The molecule has 0 aromatic heterocycles. The van der Waals surface area contributed by atoms with Gasteiger partial charge in [-0.1, -0.05) is 46.8 Å². The molecule has 1 aromatic rings. The Balaban J connectivity index is 2.42. The van der Waals surface area contributed by atoms with Gasteiger partial charge in [0.2, 0.25) is 0 Å². The number of hydrogen-bond donors (Lipinski definition) is 1. The predicted molar refractivity (Wildman–Crippen MR) is 81.6 cm³/mol. The first-order valence-corrected chi connectivity index (χ1v) is 7.15. The molecule has 0 fully saturated rings. The normalized spacial score (nSPS) is 13.9. The molecule has 0 bridgehead atoms. The molecular weight excluding hydrogens is 218 g/mol. The van der Waals surface area contributed by atoms with E-state index in [2.05, 4.69) is 46.8 Å². The van der Waals surface area contributed by atoms with Gasteiger partial charge in [0, 0.05) is 5.69 Å². The molecule has 0 amide bonds. The van der Waals surface area contributed by atoms with E-state index in [1.54, 1.807) is 0 Å². The SMILES string of the molecule is CC(CCc1ccc(N)cc1)CC(C)(C)C(C)C. The van der Waals surface area contributed by atoms with E-state index in [1.165, 1.54) is 18.4 Å². The highest BCUT2D eigenvalue weighted by molar-refractivity contribution is 5.39. The quantitative estimate of drug-likeness (QED) is 0.710. The van der Waals surface area contributed by atoms with Crippen LogP contribution < -0.4 is 5.73 Å². The summed E-state index contributed by atoms with van der Waals surface area (Å²) in [6.45, 7) is 11.8. The van der Waals surface area contributed by atoms with Crippen LogP contribution in [0.1, 0.15) is 53.0 Å². The van der Waals surface area contributed by atoms with Crippen LogP contribution in [0.15, 0.2) is 24.3 Å². The van der Waals surface area contributed by atoms with Crippen molar-refractivity contribution in [1.82, 2.24) is 0 Å². The second kappa shape index (κ2) is 6.26. The molecule has 1 aromatic carbocycles. The first-order valence-electron chi connectivity index (χ1n) is 7.15. The van der Waals surface area contributed by atoms with Gasteiger partial charge < -0.3 is 5.73 Å². The summed E-state index contributed by atoms with van der Waals surface area (Å²) >= 11 is 0. The zero-order valence-electron chi connectivity index (χ0n) is 12.7. The van der Waals surface area contributed by atoms with Gasteiger partial charge >= 0.3 is 0 Å². The number of aryl methyl sites for hydroxylation is 1. The number of rotatable bonds is 6. The molecule has 0 spiro atoms. The Bertz CT molecular complexity index is 348. The van der Waals surface area contributed by atoms with Crippen LogP contribution in [0.25, 0.3) is 0 Å². The molecule has 0 heterocycles. The average molecular weight is 247 g/mol. The van der Waals surface area contributed by atoms with Crippen molar-refractivity contribution < 1.29 is 0 Å². The summed E-state index contributed by atoms with van der Waals surface area (Å²) in [5.41, 5.74) is 8.40. The highest BCUT2D eigenvalue weighted by Gasteiger charge is 2.24. The van der Waals surface area contributed by atoms with Crippen LogP contribution >= 0.6 is 0 Å². The Morgan fingerprint density at radius 3 is 2.11 bits per heavy atom. The van der Waals surface area contributed by atoms with Gasteiger partial charge in [-0.25, -0.2) is 0 Å². The first-order chi connectivity index (χ1) is 8.31. The van der Waals surface area contributed by atoms with Crippen LogP contribution in [0.2, 0.25) is 0 Å². The van der Waals surface area contributed by atoms with E-state index in [0.717, 1.165) is 23.9 Å². The molecule has 18 heavy (non-hydrogen) atoms. The summed E-state index contributed by atoms with van der Waals surface area (Å²) in [7, 11) is 0. The number of hydrogen-bond acceptors (Lipinski definition) is 1. The Hall–Kier alpha value is -0.980. The molecule has 102 valence electrons. The largest absolute Gasteiger partial charge is 0.399 e. The minimum atomic E-state index is 0.445. The Morgan fingerprint density at radius 2 is 1.61 bits per heavy atom. The van der Waals surface area contributed by atoms with Gasteiger partial charge in [-0.3, -0.25) is 0 Å². The van der Waals surface area contributed by atoms with Crippen molar-refractivity contribution in [2.24, 2.45) is 17.3 Å². The van der Waals surface area contributed by atoms with Crippen LogP contribution in [-0.2, 0) is 6.42 Å². The summed E-state index contributed by atoms with van der Waals surface area (Å²) in [6.07, 6.45) is 3.73. The molecule has 0 radical (unpaired) electrons. The van der Waals surface area contributed by atoms with Gasteiger partial charge in [-0.15, -0.1) is 0 Å². The molecule has 0 aliphatic rings. The minimum absolute atomic E-state index is 0.445. The maximum Gasteiger partial charge on any atom is 0.0314 e. The second-order valence-corrected chi connectivity index (χ2v) is 6.73. The van der Waals surface area contributed by atoms with Gasteiger partial charge in [-0.2, -0.15) is 0 Å². The Morgan fingerprint density at radius 1 is 1.06 bits per heavy atom. The van der Waals surface area contributed by atoms with Crippen molar-refractivity contribution in [1.29, 1.82) is 0 Å². The molecule has 1 heteroatoms. The maximum absolute atomic E-state index is 5.70. The standard InChI is InChI=1S/C17H29N/c1-13(2)17(4,5)12-14(3)6-7-15-8-10-16(18)11-9-15/h8-11,13-14H,6-7,12,18H2,1-5H3. The Labute approximate surface area is 113 Å². The maximum atomic E-state index is 5.70. The van der Waals surface area contributed by atoms with Gasteiger partial charge in [0.1, 0.15) is 0 Å². The van der Waals surface area contributed by atoms with E-state index in [-0.39, 0.29) is 0 Å². The van der Waals surface area contributed by atoms with Crippen molar-refractivity contribution in [2.45, 2.75) is 53.9 Å². The molecule has 0 saturated heterocycles. The number of benzene rings is 1. The average Bonchev–Trinajstić information content (AvgIpc) is 2.27. The fourth-order valence-corrected chi connectivity index (χ4v) is 2.33. The predicted octanol–water partition coefficient (Wildman–Crippen LogP) is 4.91. The molecule has 1 unspecified atom stereocenters. The molecule has 0 aliphatic heterocycles. The molecule has 0 saturated carbocycles. The van der Waals surface area contributed by atoms with E-state index in [0.29, 0.717) is 5.41 Å². The lowest BCUT2D eigenvalue weighted by Gasteiger charge is -2.32. The highest BCUT2D eigenvalue weighted by Crippen LogP contribution is 2.34. The zero-order valence-corrected chi connectivity index (χ0v) is 12.7. The molecule has 1 atom stereocenters. The van der Waals surface area contributed by atoms with Gasteiger partial charge in [0.25, 0.3) is 0 Å². The third kappa shape index (κ3) is 4.72. The van der Waals surface area contributed by atoms with E-state index in [1.807, 2.05) is 12.1 Å². The van der Waals surface area contributed by atoms with Crippen molar-refractivity contribution in [3.8, 4) is 0 Å². The highest BCUT2D eigenvalue weighted by atomic mass is 14.5. The minimum Gasteiger partial charge on any atom is -0.399 e. The van der Waals surface area contributed by atoms with Crippen molar-refractivity contribution in [3.05, 3.63) is 29.8 Å². The van der Waals surface area contributed by atoms with E-state index >= 15 is 0 Å². The number of nitrogens with two attached hydrogens (primary N) is 1. The molecule has 1 rings (SSSR count).